The maximum Gasteiger partial charge on any atom is 0.239 e. The molecule has 7 nitrogen and oxygen atoms in total. The van der Waals surface area contributed by atoms with Crippen LogP contribution in [0.2, 0.25) is 0 Å². The molecular weight excluding hydrogens is 370 g/mol. The minimum atomic E-state index is -0.0900. The zero-order valence-electron chi connectivity index (χ0n) is 13.9. The first kappa shape index (κ1) is 17.2. The predicted molar refractivity (Wildman–Crippen MR) is 102 cm³/mol. The highest BCUT2D eigenvalue weighted by Gasteiger charge is 2.16. The van der Waals surface area contributed by atoms with Gasteiger partial charge in [-0.3, -0.25) is 9.69 Å². The molecule has 0 saturated carbocycles. The summed E-state index contributed by atoms with van der Waals surface area (Å²) in [7, 11) is 0. The van der Waals surface area contributed by atoms with Crippen molar-refractivity contribution in [2.24, 2.45) is 0 Å². The second-order valence-electron chi connectivity index (χ2n) is 5.71. The first-order chi connectivity index (χ1) is 12.8. The van der Waals surface area contributed by atoms with Gasteiger partial charge in [-0.1, -0.05) is 6.07 Å². The van der Waals surface area contributed by atoms with Crippen molar-refractivity contribution in [2.75, 3.05) is 38.2 Å². The Bertz CT molecular complexity index is 809. The highest BCUT2D eigenvalue weighted by molar-refractivity contribution is 7.13. The van der Waals surface area contributed by atoms with Crippen LogP contribution in [0.25, 0.3) is 21.4 Å². The molecule has 1 aliphatic heterocycles. The molecule has 9 heteroatoms. The molecule has 26 heavy (non-hydrogen) atoms. The van der Waals surface area contributed by atoms with Crippen LogP contribution in [0.3, 0.4) is 0 Å². The number of anilines is 1. The number of carbonyl (C=O) groups is 1. The van der Waals surface area contributed by atoms with E-state index in [2.05, 4.69) is 25.2 Å². The molecule has 0 unspecified atom stereocenters. The van der Waals surface area contributed by atoms with E-state index in [1.807, 2.05) is 22.9 Å². The number of rotatable bonds is 5. The normalized spacial score (nSPS) is 15.1. The zero-order chi connectivity index (χ0) is 17.8. The van der Waals surface area contributed by atoms with E-state index in [1.54, 1.807) is 23.6 Å². The third kappa shape index (κ3) is 4.13. The van der Waals surface area contributed by atoms with Crippen LogP contribution in [0.4, 0.5) is 5.82 Å². The van der Waals surface area contributed by atoms with Crippen LogP contribution in [-0.2, 0) is 9.53 Å². The van der Waals surface area contributed by atoms with Gasteiger partial charge < -0.3 is 10.1 Å². The minimum Gasteiger partial charge on any atom is -0.379 e. The van der Waals surface area contributed by atoms with Gasteiger partial charge in [0.15, 0.2) is 5.82 Å². The second-order valence-corrected chi connectivity index (χ2v) is 7.56. The van der Waals surface area contributed by atoms with Crippen LogP contribution in [0.5, 0.6) is 0 Å². The van der Waals surface area contributed by atoms with E-state index < -0.39 is 0 Å². The molecular formula is C17H17N5O2S2. The standard InChI is InChI=1S/C17H17N5O2S2/c23-15(11-22-4-6-24-7-5-22)20-14-10-12(17-18-3-9-26-17)19-16(21-14)13-2-1-8-25-13/h1-3,8-10H,4-7,11H2,(H,19,20,21,23). The molecule has 0 spiro atoms. The molecule has 1 aliphatic rings. The quantitative estimate of drug-likeness (QED) is 0.725. The summed E-state index contributed by atoms with van der Waals surface area (Å²) in [6, 6.07) is 5.69. The second kappa shape index (κ2) is 8.00. The number of amides is 1. The summed E-state index contributed by atoms with van der Waals surface area (Å²) >= 11 is 3.07. The Morgan fingerprint density at radius 1 is 1.23 bits per heavy atom. The lowest BCUT2D eigenvalue weighted by Crippen LogP contribution is -2.41. The Labute approximate surface area is 158 Å². The maximum absolute atomic E-state index is 12.4. The Morgan fingerprint density at radius 2 is 2.12 bits per heavy atom. The summed E-state index contributed by atoms with van der Waals surface area (Å²) in [5.41, 5.74) is 0.708. The van der Waals surface area contributed by atoms with Gasteiger partial charge in [-0.2, -0.15) is 0 Å². The van der Waals surface area contributed by atoms with Crippen LogP contribution in [0.1, 0.15) is 0 Å². The Morgan fingerprint density at radius 3 is 2.85 bits per heavy atom. The molecule has 134 valence electrons. The average Bonchev–Trinajstić information content (AvgIpc) is 3.36. The van der Waals surface area contributed by atoms with E-state index >= 15 is 0 Å². The van der Waals surface area contributed by atoms with E-state index in [4.69, 9.17) is 4.74 Å². The molecule has 0 aromatic carbocycles. The molecule has 0 bridgehead atoms. The van der Waals surface area contributed by atoms with Gasteiger partial charge in [0.2, 0.25) is 5.91 Å². The molecule has 1 amide bonds. The van der Waals surface area contributed by atoms with E-state index in [-0.39, 0.29) is 5.91 Å². The highest BCUT2D eigenvalue weighted by Crippen LogP contribution is 2.27. The van der Waals surface area contributed by atoms with Gasteiger partial charge in [0, 0.05) is 30.7 Å². The van der Waals surface area contributed by atoms with Crippen LogP contribution >= 0.6 is 22.7 Å². The fraction of sp³-hybridized carbons (Fsp3) is 0.294. The van der Waals surface area contributed by atoms with Crippen LogP contribution in [0.15, 0.2) is 35.2 Å². The first-order valence-corrected chi connectivity index (χ1v) is 9.96. The van der Waals surface area contributed by atoms with Gasteiger partial charge >= 0.3 is 0 Å². The summed E-state index contributed by atoms with van der Waals surface area (Å²) in [6.45, 7) is 3.19. The molecule has 4 rings (SSSR count). The molecule has 1 fully saturated rings. The van der Waals surface area contributed by atoms with E-state index in [0.717, 1.165) is 23.0 Å². The Balaban J connectivity index is 1.57. The van der Waals surface area contributed by atoms with E-state index in [0.29, 0.717) is 37.1 Å². The zero-order valence-corrected chi connectivity index (χ0v) is 15.6. The van der Waals surface area contributed by atoms with Crippen molar-refractivity contribution in [1.29, 1.82) is 0 Å². The fourth-order valence-electron chi connectivity index (χ4n) is 2.63. The number of aromatic nitrogens is 3. The molecule has 1 N–H and O–H groups in total. The van der Waals surface area contributed by atoms with Crippen molar-refractivity contribution < 1.29 is 9.53 Å². The number of hydrogen-bond donors (Lipinski definition) is 1. The largest absolute Gasteiger partial charge is 0.379 e. The lowest BCUT2D eigenvalue weighted by Gasteiger charge is -2.25. The molecule has 0 aliphatic carbocycles. The number of carbonyl (C=O) groups excluding carboxylic acids is 1. The number of nitrogens with zero attached hydrogens (tertiary/aromatic N) is 4. The van der Waals surface area contributed by atoms with Crippen molar-refractivity contribution in [3.05, 3.63) is 35.2 Å². The summed E-state index contributed by atoms with van der Waals surface area (Å²) in [5.74, 6) is 0.994. The van der Waals surface area contributed by atoms with Crippen LogP contribution < -0.4 is 5.32 Å². The molecule has 0 radical (unpaired) electrons. The topological polar surface area (TPSA) is 80.2 Å². The van der Waals surface area contributed by atoms with Crippen molar-refractivity contribution in [1.82, 2.24) is 19.9 Å². The van der Waals surface area contributed by atoms with Gasteiger partial charge in [-0.05, 0) is 11.4 Å². The van der Waals surface area contributed by atoms with Gasteiger partial charge in [-0.25, -0.2) is 15.0 Å². The van der Waals surface area contributed by atoms with Crippen molar-refractivity contribution >= 4 is 34.4 Å². The molecule has 1 saturated heterocycles. The van der Waals surface area contributed by atoms with E-state index in [1.165, 1.54) is 11.3 Å². The molecule has 0 atom stereocenters. The van der Waals surface area contributed by atoms with Crippen molar-refractivity contribution in [3.8, 4) is 21.4 Å². The van der Waals surface area contributed by atoms with Crippen LogP contribution in [0, 0.1) is 0 Å². The summed E-state index contributed by atoms with van der Waals surface area (Å²) < 4.78 is 5.32. The molecule has 3 aromatic heterocycles. The van der Waals surface area contributed by atoms with Crippen LogP contribution in [-0.4, -0.2) is 58.6 Å². The van der Waals surface area contributed by atoms with Crippen molar-refractivity contribution in [2.45, 2.75) is 0 Å². The number of morpholine rings is 1. The summed E-state index contributed by atoms with van der Waals surface area (Å²) in [5, 5.41) is 7.58. The number of hydrogen-bond acceptors (Lipinski definition) is 8. The monoisotopic (exact) mass is 387 g/mol. The number of thiophene rings is 1. The van der Waals surface area contributed by atoms with Gasteiger partial charge in [0.25, 0.3) is 0 Å². The lowest BCUT2D eigenvalue weighted by molar-refractivity contribution is -0.118. The average molecular weight is 387 g/mol. The number of thiazole rings is 1. The van der Waals surface area contributed by atoms with Gasteiger partial charge in [0.1, 0.15) is 16.5 Å². The third-order valence-corrected chi connectivity index (χ3v) is 5.52. The van der Waals surface area contributed by atoms with Crippen molar-refractivity contribution in [3.63, 3.8) is 0 Å². The number of ether oxygens (including phenoxy) is 1. The van der Waals surface area contributed by atoms with E-state index in [9.17, 15) is 4.79 Å². The van der Waals surface area contributed by atoms with Gasteiger partial charge in [-0.15, -0.1) is 22.7 Å². The summed E-state index contributed by atoms with van der Waals surface area (Å²) in [6.07, 6.45) is 1.74. The van der Waals surface area contributed by atoms with Gasteiger partial charge in [0.05, 0.1) is 24.6 Å². The summed E-state index contributed by atoms with van der Waals surface area (Å²) in [4.78, 5) is 28.9. The fourth-order valence-corrected chi connectivity index (χ4v) is 3.89. The molecule has 3 aromatic rings. The SMILES string of the molecule is O=C(CN1CCOCC1)Nc1cc(-c2nccs2)nc(-c2cccs2)n1. The Hall–Kier alpha value is -2.20. The first-order valence-electron chi connectivity index (χ1n) is 8.21. The Kier molecular flexibility index (Phi) is 5.30. The predicted octanol–water partition coefficient (Wildman–Crippen LogP) is 2.60. The lowest BCUT2D eigenvalue weighted by atomic mass is 10.3. The highest BCUT2D eigenvalue weighted by atomic mass is 32.1. The maximum atomic E-state index is 12.4. The number of nitrogens with one attached hydrogen (secondary N) is 1. The minimum absolute atomic E-state index is 0.0900. The molecule has 4 heterocycles. The smallest absolute Gasteiger partial charge is 0.239 e. The third-order valence-electron chi connectivity index (χ3n) is 3.86.